The average Bonchev–Trinajstić information content (AvgIpc) is 3.11. The topological polar surface area (TPSA) is 46.9 Å². The molecule has 6 heteroatoms. The molecule has 1 amide bonds. The van der Waals surface area contributed by atoms with Gasteiger partial charge in [0.15, 0.2) is 0 Å². The minimum absolute atomic E-state index is 0.0555. The fourth-order valence-corrected chi connectivity index (χ4v) is 4.19. The highest BCUT2D eigenvalue weighted by molar-refractivity contribution is 6.36. The third-order valence-corrected chi connectivity index (χ3v) is 5.96. The zero-order valence-corrected chi connectivity index (χ0v) is 18.7. The zero-order chi connectivity index (χ0) is 21.8. The maximum Gasteiger partial charge on any atom is 0.251 e. The highest BCUT2D eigenvalue weighted by Crippen LogP contribution is 2.27. The molecular formula is C25H23Cl2N3O. The van der Waals surface area contributed by atoms with Crippen LogP contribution in [0.15, 0.2) is 66.7 Å². The van der Waals surface area contributed by atoms with Crippen molar-refractivity contribution in [1.29, 1.82) is 0 Å². The molecule has 0 bridgehead atoms. The van der Waals surface area contributed by atoms with Crippen LogP contribution >= 0.6 is 23.2 Å². The van der Waals surface area contributed by atoms with Crippen molar-refractivity contribution in [3.8, 4) is 0 Å². The van der Waals surface area contributed by atoms with Crippen molar-refractivity contribution in [3.63, 3.8) is 0 Å². The summed E-state index contributed by atoms with van der Waals surface area (Å²) in [5.41, 5.74) is 4.60. The normalized spacial score (nSPS) is 11.1. The molecular weight excluding hydrogens is 429 g/mol. The summed E-state index contributed by atoms with van der Waals surface area (Å²) in [5.74, 6) is 0.891. The van der Waals surface area contributed by atoms with Crippen LogP contribution in [-0.2, 0) is 13.0 Å². The van der Waals surface area contributed by atoms with Crippen LogP contribution in [0.2, 0.25) is 10.0 Å². The SMILES string of the molecule is Cc1cccc(C(=O)NCCCc2nc3ccccc3n2Cc2c(Cl)cccc2Cl)c1. The molecule has 31 heavy (non-hydrogen) atoms. The van der Waals surface area contributed by atoms with E-state index in [-0.39, 0.29) is 5.91 Å². The minimum atomic E-state index is -0.0555. The minimum Gasteiger partial charge on any atom is -0.352 e. The van der Waals surface area contributed by atoms with Crippen molar-refractivity contribution < 1.29 is 4.79 Å². The Balaban J connectivity index is 1.49. The first-order valence-electron chi connectivity index (χ1n) is 10.2. The summed E-state index contributed by atoms with van der Waals surface area (Å²) in [6, 6.07) is 21.2. The van der Waals surface area contributed by atoms with E-state index in [2.05, 4.69) is 16.0 Å². The quantitative estimate of drug-likeness (QED) is 0.347. The molecule has 0 saturated carbocycles. The van der Waals surface area contributed by atoms with Gasteiger partial charge in [0.25, 0.3) is 5.91 Å². The van der Waals surface area contributed by atoms with Crippen LogP contribution in [0.4, 0.5) is 0 Å². The molecule has 4 aromatic rings. The number of benzene rings is 3. The van der Waals surface area contributed by atoms with Gasteiger partial charge in [-0.1, -0.05) is 59.1 Å². The average molecular weight is 452 g/mol. The predicted molar refractivity (Wildman–Crippen MR) is 127 cm³/mol. The van der Waals surface area contributed by atoms with E-state index in [0.29, 0.717) is 28.7 Å². The van der Waals surface area contributed by atoms with E-state index in [1.807, 2.05) is 67.6 Å². The van der Waals surface area contributed by atoms with Gasteiger partial charge in [0.1, 0.15) is 5.82 Å². The number of para-hydroxylation sites is 2. The fourth-order valence-electron chi connectivity index (χ4n) is 3.67. The van der Waals surface area contributed by atoms with E-state index in [9.17, 15) is 4.79 Å². The largest absolute Gasteiger partial charge is 0.352 e. The first-order chi connectivity index (χ1) is 15.0. The molecule has 158 valence electrons. The molecule has 1 aromatic heterocycles. The lowest BCUT2D eigenvalue weighted by Crippen LogP contribution is -2.25. The maximum atomic E-state index is 12.4. The molecule has 4 rings (SSSR count). The molecule has 0 unspecified atom stereocenters. The van der Waals surface area contributed by atoms with Crippen molar-refractivity contribution in [2.75, 3.05) is 6.54 Å². The number of rotatable bonds is 7. The van der Waals surface area contributed by atoms with Gasteiger partial charge in [-0.3, -0.25) is 4.79 Å². The number of halogens is 2. The van der Waals surface area contributed by atoms with Gasteiger partial charge in [-0.05, 0) is 49.7 Å². The lowest BCUT2D eigenvalue weighted by molar-refractivity contribution is 0.0953. The second kappa shape index (κ2) is 9.54. The number of nitrogens with zero attached hydrogens (tertiary/aromatic N) is 2. The molecule has 1 heterocycles. The number of hydrogen-bond donors (Lipinski definition) is 1. The van der Waals surface area contributed by atoms with E-state index < -0.39 is 0 Å². The standard InChI is InChI=1S/C25H23Cl2N3O/c1-17-7-4-8-18(15-17)25(31)28-14-6-13-24-29-22-11-2-3-12-23(22)30(24)16-19-20(26)9-5-10-21(19)27/h2-5,7-12,15H,6,13-14,16H2,1H3,(H,28,31). The summed E-state index contributed by atoms with van der Waals surface area (Å²) in [4.78, 5) is 17.2. The monoisotopic (exact) mass is 451 g/mol. The Hall–Kier alpha value is -2.82. The lowest BCUT2D eigenvalue weighted by Gasteiger charge is -2.12. The highest BCUT2D eigenvalue weighted by atomic mass is 35.5. The summed E-state index contributed by atoms with van der Waals surface area (Å²) in [6.07, 6.45) is 1.50. The highest BCUT2D eigenvalue weighted by Gasteiger charge is 2.14. The second-order valence-corrected chi connectivity index (χ2v) is 8.35. The smallest absolute Gasteiger partial charge is 0.251 e. The fraction of sp³-hybridized carbons (Fsp3) is 0.200. The van der Waals surface area contributed by atoms with Crippen molar-refractivity contribution in [1.82, 2.24) is 14.9 Å². The van der Waals surface area contributed by atoms with Gasteiger partial charge in [-0.2, -0.15) is 0 Å². The molecule has 1 N–H and O–H groups in total. The van der Waals surface area contributed by atoms with Crippen LogP contribution < -0.4 is 5.32 Å². The van der Waals surface area contributed by atoms with E-state index in [1.165, 1.54) is 0 Å². The molecule has 0 saturated heterocycles. The van der Waals surface area contributed by atoms with E-state index in [4.69, 9.17) is 28.2 Å². The Morgan fingerprint density at radius 1 is 1.00 bits per heavy atom. The Bertz CT molecular complexity index is 1210. The molecule has 0 fully saturated rings. The maximum absolute atomic E-state index is 12.4. The van der Waals surface area contributed by atoms with Gasteiger partial charge in [-0.15, -0.1) is 0 Å². The number of amides is 1. The summed E-state index contributed by atoms with van der Waals surface area (Å²) < 4.78 is 2.16. The molecule has 0 aliphatic heterocycles. The summed E-state index contributed by atoms with van der Waals surface area (Å²) >= 11 is 12.8. The van der Waals surface area contributed by atoms with Crippen molar-refractivity contribution in [3.05, 3.63) is 99.3 Å². The van der Waals surface area contributed by atoms with Crippen LogP contribution in [0.5, 0.6) is 0 Å². The van der Waals surface area contributed by atoms with Crippen LogP contribution in [0.25, 0.3) is 11.0 Å². The van der Waals surface area contributed by atoms with E-state index >= 15 is 0 Å². The van der Waals surface area contributed by atoms with Crippen LogP contribution in [-0.4, -0.2) is 22.0 Å². The van der Waals surface area contributed by atoms with Gasteiger partial charge in [0.2, 0.25) is 0 Å². The lowest BCUT2D eigenvalue weighted by atomic mass is 10.1. The molecule has 3 aromatic carbocycles. The summed E-state index contributed by atoms with van der Waals surface area (Å²) in [5, 5.41) is 4.28. The Kier molecular flexibility index (Phi) is 6.59. The van der Waals surface area contributed by atoms with Gasteiger partial charge in [0, 0.05) is 34.1 Å². The molecule has 4 nitrogen and oxygen atoms in total. The third-order valence-electron chi connectivity index (χ3n) is 5.25. The van der Waals surface area contributed by atoms with Crippen LogP contribution in [0.3, 0.4) is 0 Å². The summed E-state index contributed by atoms with van der Waals surface area (Å²) in [6.45, 7) is 3.10. The Labute approximate surface area is 191 Å². The van der Waals surface area contributed by atoms with Crippen molar-refractivity contribution >= 4 is 40.1 Å². The molecule has 0 atom stereocenters. The zero-order valence-electron chi connectivity index (χ0n) is 17.2. The van der Waals surface area contributed by atoms with E-state index in [0.717, 1.165) is 40.8 Å². The number of aryl methyl sites for hydroxylation is 2. The second-order valence-electron chi connectivity index (χ2n) is 7.53. The third kappa shape index (κ3) is 4.92. The number of fused-ring (bicyclic) bond motifs is 1. The predicted octanol–water partition coefficient (Wildman–Crippen LogP) is 6.06. The van der Waals surface area contributed by atoms with E-state index in [1.54, 1.807) is 0 Å². The number of nitrogens with one attached hydrogen (secondary N) is 1. The first kappa shape index (κ1) is 21.4. The summed E-state index contributed by atoms with van der Waals surface area (Å²) in [7, 11) is 0. The number of carbonyl (C=O) groups is 1. The van der Waals surface area contributed by atoms with Crippen molar-refractivity contribution in [2.45, 2.75) is 26.3 Å². The van der Waals surface area contributed by atoms with Crippen LogP contribution in [0.1, 0.15) is 33.7 Å². The molecule has 0 radical (unpaired) electrons. The molecule has 0 aliphatic rings. The van der Waals surface area contributed by atoms with Gasteiger partial charge in [-0.25, -0.2) is 4.98 Å². The van der Waals surface area contributed by atoms with Gasteiger partial charge >= 0.3 is 0 Å². The molecule has 0 spiro atoms. The van der Waals surface area contributed by atoms with Gasteiger partial charge < -0.3 is 9.88 Å². The number of aromatic nitrogens is 2. The van der Waals surface area contributed by atoms with Crippen molar-refractivity contribution in [2.24, 2.45) is 0 Å². The molecule has 0 aliphatic carbocycles. The van der Waals surface area contributed by atoms with Gasteiger partial charge in [0.05, 0.1) is 17.6 Å². The number of carbonyl (C=O) groups excluding carboxylic acids is 1. The van der Waals surface area contributed by atoms with Crippen LogP contribution in [0, 0.1) is 6.92 Å². The number of imidazole rings is 1. The Morgan fingerprint density at radius 2 is 1.74 bits per heavy atom. The number of hydrogen-bond acceptors (Lipinski definition) is 2. The first-order valence-corrected chi connectivity index (χ1v) is 11.0. The Morgan fingerprint density at radius 3 is 2.52 bits per heavy atom.